The van der Waals surface area contributed by atoms with Gasteiger partial charge in [-0.2, -0.15) is 11.8 Å². The maximum absolute atomic E-state index is 5.45. The minimum atomic E-state index is 0.760. The van der Waals surface area contributed by atoms with Gasteiger partial charge in [0.25, 0.3) is 0 Å². The van der Waals surface area contributed by atoms with Crippen LogP contribution in [0.3, 0.4) is 0 Å². The van der Waals surface area contributed by atoms with Crippen LogP contribution in [0.2, 0.25) is 0 Å². The minimum absolute atomic E-state index is 0.760. The molecule has 1 aromatic carbocycles. The molecular weight excluding hydrogens is 254 g/mol. The van der Waals surface area contributed by atoms with Gasteiger partial charge in [0.2, 0.25) is 0 Å². The highest BCUT2D eigenvalue weighted by Crippen LogP contribution is 2.22. The molecule has 0 unspecified atom stereocenters. The fraction of sp³-hybridized carbons (Fsp3) is 0.267. The summed E-state index contributed by atoms with van der Waals surface area (Å²) in [4.78, 5) is 4.20. The number of benzene rings is 1. The SMILES string of the molecule is Cc1cc(C)cc(CSCc2cccnc2NN)c1. The van der Waals surface area contributed by atoms with Crippen LogP contribution in [0.15, 0.2) is 36.5 Å². The van der Waals surface area contributed by atoms with E-state index in [0.29, 0.717) is 0 Å². The van der Waals surface area contributed by atoms with E-state index in [-0.39, 0.29) is 0 Å². The molecule has 1 heterocycles. The molecule has 3 nitrogen and oxygen atoms in total. The number of aromatic nitrogens is 1. The molecular formula is C15H19N3S. The Bertz CT molecular complexity index is 535. The number of nitrogen functional groups attached to an aromatic ring is 1. The van der Waals surface area contributed by atoms with E-state index in [1.807, 2.05) is 17.8 Å². The van der Waals surface area contributed by atoms with Gasteiger partial charge in [0.05, 0.1) is 0 Å². The third kappa shape index (κ3) is 3.98. The van der Waals surface area contributed by atoms with Crippen molar-refractivity contribution >= 4 is 17.6 Å². The fourth-order valence-electron chi connectivity index (χ4n) is 2.12. The van der Waals surface area contributed by atoms with Crippen LogP contribution in [0.1, 0.15) is 22.3 Å². The molecule has 0 spiro atoms. The predicted molar refractivity (Wildman–Crippen MR) is 83.0 cm³/mol. The second-order valence-electron chi connectivity index (χ2n) is 4.64. The normalized spacial score (nSPS) is 10.5. The Morgan fingerprint density at radius 3 is 2.58 bits per heavy atom. The van der Waals surface area contributed by atoms with Crippen LogP contribution in [0.25, 0.3) is 0 Å². The Labute approximate surface area is 118 Å². The van der Waals surface area contributed by atoms with Gasteiger partial charge in [0.15, 0.2) is 0 Å². The predicted octanol–water partition coefficient (Wildman–Crippen LogP) is 3.42. The van der Waals surface area contributed by atoms with Crippen molar-refractivity contribution < 1.29 is 0 Å². The molecule has 0 aliphatic heterocycles. The van der Waals surface area contributed by atoms with Crippen molar-refractivity contribution in [2.75, 3.05) is 5.43 Å². The number of hydrogen-bond acceptors (Lipinski definition) is 4. The average molecular weight is 273 g/mol. The number of rotatable bonds is 5. The molecule has 100 valence electrons. The smallest absolute Gasteiger partial charge is 0.143 e. The summed E-state index contributed by atoms with van der Waals surface area (Å²) in [6.07, 6.45) is 1.74. The molecule has 0 saturated carbocycles. The van der Waals surface area contributed by atoms with Gasteiger partial charge in [0, 0.05) is 23.3 Å². The number of nitrogens with two attached hydrogens (primary N) is 1. The van der Waals surface area contributed by atoms with Crippen molar-refractivity contribution in [1.29, 1.82) is 0 Å². The topological polar surface area (TPSA) is 50.9 Å². The molecule has 2 aromatic rings. The van der Waals surface area contributed by atoms with Gasteiger partial charge in [-0.15, -0.1) is 0 Å². The molecule has 0 atom stereocenters. The number of nitrogens with one attached hydrogen (secondary N) is 1. The standard InChI is InChI=1S/C15H19N3S/c1-11-6-12(2)8-13(7-11)9-19-10-14-4-3-5-17-15(14)18-16/h3-8H,9-10,16H2,1-2H3,(H,17,18). The van der Waals surface area contributed by atoms with Crippen molar-refractivity contribution in [2.24, 2.45) is 5.84 Å². The summed E-state index contributed by atoms with van der Waals surface area (Å²) >= 11 is 1.87. The minimum Gasteiger partial charge on any atom is -0.308 e. The van der Waals surface area contributed by atoms with Crippen LogP contribution in [-0.2, 0) is 11.5 Å². The van der Waals surface area contributed by atoms with E-state index >= 15 is 0 Å². The lowest BCUT2D eigenvalue weighted by molar-refractivity contribution is 1.18. The lowest BCUT2D eigenvalue weighted by Gasteiger charge is -2.08. The zero-order chi connectivity index (χ0) is 13.7. The number of anilines is 1. The van der Waals surface area contributed by atoms with Gasteiger partial charge in [-0.3, -0.25) is 0 Å². The highest BCUT2D eigenvalue weighted by molar-refractivity contribution is 7.97. The van der Waals surface area contributed by atoms with Crippen LogP contribution in [0.5, 0.6) is 0 Å². The Morgan fingerprint density at radius 2 is 1.89 bits per heavy atom. The van der Waals surface area contributed by atoms with Gasteiger partial charge in [0.1, 0.15) is 5.82 Å². The first kappa shape index (κ1) is 13.9. The van der Waals surface area contributed by atoms with Gasteiger partial charge in [-0.05, 0) is 25.5 Å². The van der Waals surface area contributed by atoms with E-state index in [1.54, 1.807) is 6.20 Å². The molecule has 19 heavy (non-hydrogen) atoms. The third-order valence-electron chi connectivity index (χ3n) is 2.84. The summed E-state index contributed by atoms with van der Waals surface area (Å²) in [5.41, 5.74) is 7.79. The number of pyridine rings is 1. The molecule has 3 N–H and O–H groups in total. The van der Waals surface area contributed by atoms with E-state index in [1.165, 1.54) is 16.7 Å². The summed E-state index contributed by atoms with van der Waals surface area (Å²) in [6, 6.07) is 10.7. The molecule has 0 fully saturated rings. The Hall–Kier alpha value is -1.52. The summed E-state index contributed by atoms with van der Waals surface area (Å²) in [5.74, 6) is 8.12. The Morgan fingerprint density at radius 1 is 1.16 bits per heavy atom. The van der Waals surface area contributed by atoms with E-state index in [0.717, 1.165) is 22.9 Å². The Balaban J connectivity index is 1.96. The van der Waals surface area contributed by atoms with E-state index in [9.17, 15) is 0 Å². The number of hydrazine groups is 1. The molecule has 2 rings (SSSR count). The first-order valence-electron chi connectivity index (χ1n) is 6.24. The van der Waals surface area contributed by atoms with Crippen molar-refractivity contribution in [2.45, 2.75) is 25.4 Å². The summed E-state index contributed by atoms with van der Waals surface area (Å²) in [5, 5.41) is 0. The lowest BCUT2D eigenvalue weighted by atomic mass is 10.1. The van der Waals surface area contributed by atoms with E-state index in [2.05, 4.69) is 48.5 Å². The van der Waals surface area contributed by atoms with Crippen LogP contribution in [0.4, 0.5) is 5.82 Å². The van der Waals surface area contributed by atoms with Crippen molar-refractivity contribution in [1.82, 2.24) is 4.98 Å². The second kappa shape index (κ2) is 6.59. The van der Waals surface area contributed by atoms with Crippen LogP contribution < -0.4 is 11.3 Å². The van der Waals surface area contributed by atoms with E-state index in [4.69, 9.17) is 5.84 Å². The van der Waals surface area contributed by atoms with Crippen LogP contribution in [-0.4, -0.2) is 4.98 Å². The zero-order valence-corrected chi connectivity index (χ0v) is 12.1. The average Bonchev–Trinajstić information content (AvgIpc) is 2.38. The first-order valence-corrected chi connectivity index (χ1v) is 7.40. The maximum Gasteiger partial charge on any atom is 0.143 e. The molecule has 0 aliphatic rings. The van der Waals surface area contributed by atoms with Crippen molar-refractivity contribution in [3.63, 3.8) is 0 Å². The molecule has 4 heteroatoms. The van der Waals surface area contributed by atoms with Gasteiger partial charge in [-0.1, -0.05) is 35.4 Å². The maximum atomic E-state index is 5.45. The Kier molecular flexibility index (Phi) is 4.82. The zero-order valence-electron chi connectivity index (χ0n) is 11.3. The van der Waals surface area contributed by atoms with Crippen molar-refractivity contribution in [3.8, 4) is 0 Å². The molecule has 0 radical (unpaired) electrons. The van der Waals surface area contributed by atoms with Crippen LogP contribution >= 0.6 is 11.8 Å². The molecule has 0 bridgehead atoms. The highest BCUT2D eigenvalue weighted by atomic mass is 32.2. The molecule has 0 amide bonds. The number of nitrogens with zero attached hydrogens (tertiary/aromatic N) is 1. The van der Waals surface area contributed by atoms with Crippen LogP contribution in [0, 0.1) is 13.8 Å². The quantitative estimate of drug-likeness (QED) is 0.647. The fourth-order valence-corrected chi connectivity index (χ4v) is 3.07. The van der Waals surface area contributed by atoms with E-state index < -0.39 is 0 Å². The molecule has 1 aromatic heterocycles. The van der Waals surface area contributed by atoms with Crippen molar-refractivity contribution in [3.05, 3.63) is 58.8 Å². The lowest BCUT2D eigenvalue weighted by Crippen LogP contribution is -2.10. The van der Waals surface area contributed by atoms with Gasteiger partial charge in [-0.25, -0.2) is 10.8 Å². The third-order valence-corrected chi connectivity index (χ3v) is 3.89. The molecule has 0 saturated heterocycles. The summed E-state index contributed by atoms with van der Waals surface area (Å²) in [7, 11) is 0. The first-order chi connectivity index (χ1) is 9.19. The van der Waals surface area contributed by atoms with Gasteiger partial charge < -0.3 is 5.43 Å². The largest absolute Gasteiger partial charge is 0.308 e. The number of hydrogen-bond donors (Lipinski definition) is 2. The highest BCUT2D eigenvalue weighted by Gasteiger charge is 2.02. The summed E-state index contributed by atoms with van der Waals surface area (Å²) < 4.78 is 0. The number of aryl methyl sites for hydroxylation is 2. The monoisotopic (exact) mass is 273 g/mol. The molecule has 0 aliphatic carbocycles. The number of thioether (sulfide) groups is 1. The summed E-state index contributed by atoms with van der Waals surface area (Å²) in [6.45, 7) is 4.28. The second-order valence-corrected chi connectivity index (χ2v) is 5.63. The van der Waals surface area contributed by atoms with Gasteiger partial charge >= 0.3 is 0 Å².